The fourth-order valence-corrected chi connectivity index (χ4v) is 4.28. The minimum atomic E-state index is -0.370. The highest BCUT2D eigenvalue weighted by Gasteiger charge is 2.22. The number of rotatable bonds is 6. The van der Waals surface area contributed by atoms with E-state index in [1.807, 2.05) is 55.1 Å². The maximum atomic E-state index is 12.4. The lowest BCUT2D eigenvalue weighted by Crippen LogP contribution is -2.22. The predicted molar refractivity (Wildman–Crippen MR) is 114 cm³/mol. The summed E-state index contributed by atoms with van der Waals surface area (Å²) in [6.45, 7) is 3.71. The van der Waals surface area contributed by atoms with Gasteiger partial charge >= 0.3 is 0 Å². The van der Waals surface area contributed by atoms with E-state index in [9.17, 15) is 4.79 Å². The minimum Gasteiger partial charge on any atom is -0.493 e. The molecule has 0 bridgehead atoms. The van der Waals surface area contributed by atoms with Crippen molar-refractivity contribution in [2.45, 2.75) is 24.3 Å². The van der Waals surface area contributed by atoms with Gasteiger partial charge in [-0.15, -0.1) is 21.5 Å². The molecule has 3 aromatic heterocycles. The number of hydrogen-bond donors (Lipinski definition) is 1. The van der Waals surface area contributed by atoms with Crippen molar-refractivity contribution in [3.63, 3.8) is 0 Å². The zero-order chi connectivity index (χ0) is 20.5. The van der Waals surface area contributed by atoms with Gasteiger partial charge in [0.1, 0.15) is 0 Å². The average molecular weight is 430 g/mol. The number of anilines is 1. The number of carbonyl (C=O) groups excluding carboxylic acids is 1. The Morgan fingerprint density at radius 3 is 2.93 bits per heavy atom. The van der Waals surface area contributed by atoms with Gasteiger partial charge in [0.15, 0.2) is 33.2 Å². The van der Waals surface area contributed by atoms with Crippen LogP contribution >= 0.6 is 23.1 Å². The first-order valence-corrected chi connectivity index (χ1v) is 10.6. The standard InChI is InChI=1S/C19H19N5O3S2/c1-10-9-28-18(20-10)21-17(25)11(2)29-19-23-22-16(24(19)3)14-8-12-6-5-7-13(26-4)15(12)27-14/h5-9,11H,1-4H3,(H,20,21,25)/t11-/m1/s1. The molecule has 1 aromatic carbocycles. The molecule has 0 saturated carbocycles. The van der Waals surface area contributed by atoms with E-state index in [0.717, 1.165) is 11.1 Å². The van der Waals surface area contributed by atoms with E-state index in [4.69, 9.17) is 9.15 Å². The van der Waals surface area contributed by atoms with E-state index < -0.39 is 0 Å². The molecule has 150 valence electrons. The lowest BCUT2D eigenvalue weighted by atomic mass is 10.2. The number of thiazole rings is 1. The van der Waals surface area contributed by atoms with Gasteiger partial charge in [-0.1, -0.05) is 23.9 Å². The van der Waals surface area contributed by atoms with Gasteiger partial charge in [0.2, 0.25) is 5.91 Å². The highest BCUT2D eigenvalue weighted by atomic mass is 32.2. The Balaban J connectivity index is 1.53. The van der Waals surface area contributed by atoms with Crippen LogP contribution < -0.4 is 10.1 Å². The number of aryl methyl sites for hydroxylation is 1. The van der Waals surface area contributed by atoms with Crippen molar-refractivity contribution in [3.05, 3.63) is 35.3 Å². The number of carbonyl (C=O) groups is 1. The first-order chi connectivity index (χ1) is 14.0. The summed E-state index contributed by atoms with van der Waals surface area (Å²) >= 11 is 2.73. The molecule has 4 rings (SSSR count). The lowest BCUT2D eigenvalue weighted by molar-refractivity contribution is -0.115. The summed E-state index contributed by atoms with van der Waals surface area (Å²) in [5.41, 5.74) is 1.54. The molecule has 1 atom stereocenters. The molecule has 8 nitrogen and oxygen atoms in total. The van der Waals surface area contributed by atoms with Crippen LogP contribution in [0.15, 0.2) is 39.2 Å². The maximum Gasteiger partial charge on any atom is 0.239 e. The molecule has 0 aliphatic heterocycles. The molecule has 0 aliphatic rings. The largest absolute Gasteiger partial charge is 0.493 e. The smallest absolute Gasteiger partial charge is 0.239 e. The monoisotopic (exact) mass is 429 g/mol. The Morgan fingerprint density at radius 1 is 1.38 bits per heavy atom. The van der Waals surface area contributed by atoms with Gasteiger partial charge in [-0.3, -0.25) is 4.79 Å². The normalized spacial score (nSPS) is 12.3. The van der Waals surface area contributed by atoms with Gasteiger partial charge in [-0.25, -0.2) is 4.98 Å². The first kappa shape index (κ1) is 19.5. The number of para-hydroxylation sites is 1. The van der Waals surface area contributed by atoms with Gasteiger partial charge in [-0.2, -0.15) is 0 Å². The molecule has 4 aromatic rings. The van der Waals surface area contributed by atoms with Crippen LogP contribution in [0.5, 0.6) is 5.75 Å². The molecule has 0 unspecified atom stereocenters. The zero-order valence-electron chi connectivity index (χ0n) is 16.3. The van der Waals surface area contributed by atoms with E-state index in [0.29, 0.717) is 33.2 Å². The van der Waals surface area contributed by atoms with E-state index in [1.54, 1.807) is 7.11 Å². The van der Waals surface area contributed by atoms with Gasteiger partial charge in [-0.05, 0) is 26.0 Å². The van der Waals surface area contributed by atoms with Crippen LogP contribution in [0.4, 0.5) is 5.13 Å². The quantitative estimate of drug-likeness (QED) is 0.461. The average Bonchev–Trinajstić information content (AvgIpc) is 3.40. The van der Waals surface area contributed by atoms with Crippen molar-refractivity contribution < 1.29 is 13.9 Å². The number of nitrogens with one attached hydrogen (secondary N) is 1. The second-order valence-corrected chi connectivity index (χ2v) is 8.56. The van der Waals surface area contributed by atoms with Crippen LogP contribution in [0.1, 0.15) is 12.6 Å². The molecule has 0 radical (unpaired) electrons. The van der Waals surface area contributed by atoms with Crippen LogP contribution in [-0.2, 0) is 11.8 Å². The Kier molecular flexibility index (Phi) is 5.29. The van der Waals surface area contributed by atoms with Gasteiger partial charge in [0, 0.05) is 17.8 Å². The maximum absolute atomic E-state index is 12.4. The Bertz CT molecular complexity index is 1180. The molecule has 0 saturated heterocycles. The van der Waals surface area contributed by atoms with E-state index in [-0.39, 0.29) is 11.2 Å². The Morgan fingerprint density at radius 2 is 2.21 bits per heavy atom. The predicted octanol–water partition coefficient (Wildman–Crippen LogP) is 4.12. The number of benzene rings is 1. The fraction of sp³-hybridized carbons (Fsp3) is 0.263. The van der Waals surface area contributed by atoms with E-state index in [1.165, 1.54) is 23.1 Å². The third-order valence-electron chi connectivity index (χ3n) is 4.28. The molecule has 0 spiro atoms. The summed E-state index contributed by atoms with van der Waals surface area (Å²) in [7, 11) is 3.45. The minimum absolute atomic E-state index is 0.137. The molecule has 29 heavy (non-hydrogen) atoms. The highest BCUT2D eigenvalue weighted by molar-refractivity contribution is 8.00. The SMILES string of the molecule is COc1cccc2cc(-c3nnc(S[C@H](C)C(=O)Nc4nc(C)cs4)n3C)oc12. The fourth-order valence-electron chi connectivity index (χ4n) is 2.77. The molecule has 0 aliphatic carbocycles. The second kappa shape index (κ2) is 7.88. The second-order valence-electron chi connectivity index (χ2n) is 6.40. The highest BCUT2D eigenvalue weighted by Crippen LogP contribution is 2.34. The van der Waals surface area contributed by atoms with Crippen LogP contribution in [0.25, 0.3) is 22.6 Å². The number of hydrogen-bond acceptors (Lipinski definition) is 8. The third-order valence-corrected chi connectivity index (χ3v) is 6.29. The molecule has 0 fully saturated rings. The van der Waals surface area contributed by atoms with Crippen molar-refractivity contribution in [1.82, 2.24) is 19.7 Å². The van der Waals surface area contributed by atoms with Gasteiger partial charge in [0.25, 0.3) is 0 Å². The van der Waals surface area contributed by atoms with Crippen molar-refractivity contribution in [3.8, 4) is 17.3 Å². The van der Waals surface area contributed by atoms with Crippen LogP contribution in [0.2, 0.25) is 0 Å². The topological polar surface area (TPSA) is 95.1 Å². The summed E-state index contributed by atoms with van der Waals surface area (Å²) in [6, 6.07) is 7.60. The number of amides is 1. The van der Waals surface area contributed by atoms with Crippen molar-refractivity contribution in [1.29, 1.82) is 0 Å². The summed E-state index contributed by atoms with van der Waals surface area (Å²) < 4.78 is 13.1. The molecule has 1 amide bonds. The number of ether oxygens (including phenoxy) is 1. The summed E-state index contributed by atoms with van der Waals surface area (Å²) in [5, 5.41) is 15.0. The van der Waals surface area contributed by atoms with Crippen LogP contribution in [-0.4, -0.2) is 38.0 Å². The zero-order valence-corrected chi connectivity index (χ0v) is 17.9. The number of aromatic nitrogens is 4. The van der Waals surface area contributed by atoms with Gasteiger partial charge in [0.05, 0.1) is 18.1 Å². The summed E-state index contributed by atoms with van der Waals surface area (Å²) in [6.07, 6.45) is 0. The summed E-state index contributed by atoms with van der Waals surface area (Å²) in [5.74, 6) is 1.69. The third kappa shape index (κ3) is 3.85. The van der Waals surface area contributed by atoms with Crippen molar-refractivity contribution in [2.24, 2.45) is 7.05 Å². The van der Waals surface area contributed by atoms with Crippen molar-refractivity contribution >= 4 is 45.1 Å². The Hall–Kier alpha value is -2.85. The molecule has 10 heteroatoms. The van der Waals surface area contributed by atoms with Crippen LogP contribution in [0, 0.1) is 6.92 Å². The lowest BCUT2D eigenvalue weighted by Gasteiger charge is -2.09. The van der Waals surface area contributed by atoms with Crippen molar-refractivity contribution in [2.75, 3.05) is 12.4 Å². The number of furan rings is 1. The van der Waals surface area contributed by atoms with Gasteiger partial charge < -0.3 is 19.0 Å². The Labute approximate surface area is 175 Å². The molecular weight excluding hydrogens is 410 g/mol. The number of methoxy groups -OCH3 is 1. The molecule has 3 heterocycles. The van der Waals surface area contributed by atoms with Crippen LogP contribution in [0.3, 0.4) is 0 Å². The molecule has 1 N–H and O–H groups in total. The van der Waals surface area contributed by atoms with E-state index >= 15 is 0 Å². The first-order valence-electron chi connectivity index (χ1n) is 8.82. The molecular formula is C19H19N5O3S2. The number of nitrogens with zero attached hydrogens (tertiary/aromatic N) is 4. The summed E-state index contributed by atoms with van der Waals surface area (Å²) in [4.78, 5) is 16.7. The van der Waals surface area contributed by atoms with E-state index in [2.05, 4.69) is 20.5 Å². The number of fused-ring (bicyclic) bond motifs is 1. The number of thioether (sulfide) groups is 1.